The Bertz CT molecular complexity index is 789. The van der Waals surface area contributed by atoms with Crippen LogP contribution >= 0.6 is 11.8 Å². The second-order valence-corrected chi connectivity index (χ2v) is 7.31. The summed E-state index contributed by atoms with van der Waals surface area (Å²) in [6.45, 7) is 2.35. The number of carboxylic acid groups (broad SMARTS) is 2. The average Bonchev–Trinajstić information content (AvgIpc) is 2.83. The molecule has 0 amide bonds. The molecule has 1 aliphatic heterocycles. The molecule has 0 bridgehead atoms. The Hall–Kier alpha value is -2.57. The topological polar surface area (TPSA) is 77.8 Å². The number of hydrogen-bond donors (Lipinski definition) is 2. The molecule has 142 valence electrons. The highest BCUT2D eigenvalue weighted by Gasteiger charge is 2.11. The van der Waals surface area contributed by atoms with Crippen LogP contribution in [0.4, 0.5) is 0 Å². The second-order valence-electron chi connectivity index (χ2n) is 6.16. The number of carboxylic acids is 2. The van der Waals surface area contributed by atoms with Gasteiger partial charge in [0, 0.05) is 35.0 Å². The predicted molar refractivity (Wildman–Crippen MR) is 106 cm³/mol. The molecular formula is C21H23NO4S. The molecule has 2 N–H and O–H groups in total. The molecule has 0 aromatic heterocycles. The average molecular weight is 385 g/mol. The quantitative estimate of drug-likeness (QED) is 0.784. The fourth-order valence-corrected chi connectivity index (χ4v) is 3.55. The molecule has 0 unspecified atom stereocenters. The van der Waals surface area contributed by atoms with Gasteiger partial charge in [0.15, 0.2) is 0 Å². The number of rotatable bonds is 4. The smallest absolute Gasteiger partial charge is 0.328 e. The highest BCUT2D eigenvalue weighted by atomic mass is 32.2. The summed E-state index contributed by atoms with van der Waals surface area (Å²) in [4.78, 5) is 24.2. The second kappa shape index (κ2) is 10.5. The molecular weight excluding hydrogens is 362 g/mol. The maximum Gasteiger partial charge on any atom is 0.328 e. The van der Waals surface area contributed by atoms with E-state index in [1.807, 2.05) is 11.8 Å². The zero-order chi connectivity index (χ0) is 19.6. The number of carbonyl (C=O) groups is 2. The third-order valence-electron chi connectivity index (χ3n) is 4.05. The number of fused-ring (bicyclic) bond motifs is 1. The molecule has 27 heavy (non-hydrogen) atoms. The van der Waals surface area contributed by atoms with Gasteiger partial charge in [-0.1, -0.05) is 36.0 Å². The standard InChI is InChI=1S/C17H19NS.C4H4O4/c1-18-11-9-14-7-8-17(13-15(14)10-12-18)19-16-5-3-2-4-6-16;5-3(6)1-2-4(7)8/h2-8,13H,9-12H2,1H3;1-2H,(H,5,6)(H,7,8)/b;2-1+. The van der Waals surface area contributed by atoms with Crippen LogP contribution in [-0.4, -0.2) is 47.2 Å². The van der Waals surface area contributed by atoms with Crippen molar-refractivity contribution in [2.24, 2.45) is 0 Å². The monoisotopic (exact) mass is 385 g/mol. The van der Waals surface area contributed by atoms with Crippen molar-refractivity contribution in [2.45, 2.75) is 22.6 Å². The molecule has 0 atom stereocenters. The van der Waals surface area contributed by atoms with Gasteiger partial charge < -0.3 is 15.1 Å². The summed E-state index contributed by atoms with van der Waals surface area (Å²) < 4.78 is 0. The van der Waals surface area contributed by atoms with E-state index >= 15 is 0 Å². The van der Waals surface area contributed by atoms with E-state index < -0.39 is 11.9 Å². The SMILES string of the molecule is CN1CCc2ccc(Sc3ccccc3)cc2CC1.O=C(O)/C=C/C(=O)O. The Balaban J connectivity index is 0.000000279. The zero-order valence-corrected chi connectivity index (χ0v) is 16.0. The molecule has 3 rings (SSSR count). The van der Waals surface area contributed by atoms with Gasteiger partial charge in [-0.3, -0.25) is 0 Å². The minimum atomic E-state index is -1.26. The molecule has 0 fully saturated rings. The molecule has 0 aliphatic carbocycles. The zero-order valence-electron chi connectivity index (χ0n) is 15.2. The lowest BCUT2D eigenvalue weighted by Crippen LogP contribution is -2.20. The summed E-state index contributed by atoms with van der Waals surface area (Å²) in [6, 6.07) is 17.6. The van der Waals surface area contributed by atoms with Gasteiger partial charge in [-0.05, 0) is 55.3 Å². The van der Waals surface area contributed by atoms with Crippen molar-refractivity contribution in [3.8, 4) is 0 Å². The third kappa shape index (κ3) is 7.68. The van der Waals surface area contributed by atoms with Gasteiger partial charge in [0.1, 0.15) is 0 Å². The molecule has 0 saturated carbocycles. The Morgan fingerprint density at radius 3 is 2.07 bits per heavy atom. The number of aliphatic carboxylic acids is 2. The van der Waals surface area contributed by atoms with E-state index in [1.54, 1.807) is 0 Å². The molecule has 0 radical (unpaired) electrons. The lowest BCUT2D eigenvalue weighted by molar-refractivity contribution is -0.134. The van der Waals surface area contributed by atoms with Crippen LogP contribution in [0.3, 0.4) is 0 Å². The van der Waals surface area contributed by atoms with Gasteiger partial charge in [-0.25, -0.2) is 9.59 Å². The fourth-order valence-electron chi connectivity index (χ4n) is 2.64. The third-order valence-corrected chi connectivity index (χ3v) is 5.05. The minimum absolute atomic E-state index is 0.558. The maximum absolute atomic E-state index is 9.55. The van der Waals surface area contributed by atoms with E-state index in [4.69, 9.17) is 10.2 Å². The number of likely N-dealkylation sites (N-methyl/N-ethyl adjacent to an activating group) is 1. The van der Waals surface area contributed by atoms with Gasteiger partial charge in [0.05, 0.1) is 0 Å². The van der Waals surface area contributed by atoms with Crippen molar-refractivity contribution in [1.82, 2.24) is 4.90 Å². The van der Waals surface area contributed by atoms with Gasteiger partial charge >= 0.3 is 11.9 Å². The first-order chi connectivity index (χ1) is 12.9. The van der Waals surface area contributed by atoms with Gasteiger partial charge in [0.25, 0.3) is 0 Å². The Labute approximate surface area is 163 Å². The number of benzene rings is 2. The fraction of sp³-hybridized carbons (Fsp3) is 0.238. The van der Waals surface area contributed by atoms with E-state index in [0.717, 1.165) is 0 Å². The molecule has 0 saturated heterocycles. The van der Waals surface area contributed by atoms with E-state index in [-0.39, 0.29) is 0 Å². The normalized spacial score (nSPS) is 14.0. The number of hydrogen-bond acceptors (Lipinski definition) is 4. The van der Waals surface area contributed by atoms with Crippen molar-refractivity contribution in [1.29, 1.82) is 0 Å². The highest BCUT2D eigenvalue weighted by Crippen LogP contribution is 2.29. The molecule has 2 aromatic carbocycles. The van der Waals surface area contributed by atoms with Crippen molar-refractivity contribution < 1.29 is 19.8 Å². The molecule has 0 spiro atoms. The van der Waals surface area contributed by atoms with E-state index in [0.29, 0.717) is 12.2 Å². The highest BCUT2D eigenvalue weighted by molar-refractivity contribution is 7.99. The van der Waals surface area contributed by atoms with Crippen molar-refractivity contribution in [2.75, 3.05) is 20.1 Å². The van der Waals surface area contributed by atoms with Crippen molar-refractivity contribution >= 4 is 23.7 Å². The molecule has 1 heterocycles. The van der Waals surface area contributed by atoms with Crippen LogP contribution in [0.15, 0.2) is 70.5 Å². The summed E-state index contributed by atoms with van der Waals surface area (Å²) in [6.07, 6.45) is 3.47. The minimum Gasteiger partial charge on any atom is -0.478 e. The van der Waals surface area contributed by atoms with Crippen LogP contribution in [0, 0.1) is 0 Å². The van der Waals surface area contributed by atoms with Crippen LogP contribution in [0.5, 0.6) is 0 Å². The molecule has 1 aliphatic rings. The Morgan fingerprint density at radius 2 is 1.48 bits per heavy atom. The summed E-state index contributed by atoms with van der Waals surface area (Å²) in [5.74, 6) is -2.51. The Morgan fingerprint density at radius 1 is 0.889 bits per heavy atom. The van der Waals surface area contributed by atoms with E-state index in [2.05, 4.69) is 60.5 Å². The van der Waals surface area contributed by atoms with Gasteiger partial charge in [-0.2, -0.15) is 0 Å². The van der Waals surface area contributed by atoms with Crippen LogP contribution in [0.25, 0.3) is 0 Å². The van der Waals surface area contributed by atoms with Crippen LogP contribution < -0.4 is 0 Å². The summed E-state index contributed by atoms with van der Waals surface area (Å²) in [5, 5.41) is 15.6. The summed E-state index contributed by atoms with van der Waals surface area (Å²) in [5.41, 5.74) is 3.06. The number of nitrogens with zero attached hydrogens (tertiary/aromatic N) is 1. The lowest BCUT2D eigenvalue weighted by atomic mass is 10.0. The Kier molecular flexibility index (Phi) is 8.10. The predicted octanol–water partition coefficient (Wildman–Crippen LogP) is 3.58. The maximum atomic E-state index is 9.55. The van der Waals surface area contributed by atoms with E-state index in [1.165, 1.54) is 46.8 Å². The van der Waals surface area contributed by atoms with Crippen LogP contribution in [-0.2, 0) is 22.4 Å². The van der Waals surface area contributed by atoms with Crippen molar-refractivity contribution in [3.63, 3.8) is 0 Å². The van der Waals surface area contributed by atoms with E-state index in [9.17, 15) is 9.59 Å². The molecule has 2 aromatic rings. The molecule has 5 nitrogen and oxygen atoms in total. The van der Waals surface area contributed by atoms with Gasteiger partial charge in [0.2, 0.25) is 0 Å². The van der Waals surface area contributed by atoms with Crippen LogP contribution in [0.1, 0.15) is 11.1 Å². The largest absolute Gasteiger partial charge is 0.478 e. The van der Waals surface area contributed by atoms with Gasteiger partial charge in [-0.15, -0.1) is 0 Å². The summed E-state index contributed by atoms with van der Waals surface area (Å²) in [7, 11) is 2.21. The molecule has 6 heteroatoms. The first kappa shape index (κ1) is 20.7. The first-order valence-corrected chi connectivity index (χ1v) is 9.43. The first-order valence-electron chi connectivity index (χ1n) is 8.61. The summed E-state index contributed by atoms with van der Waals surface area (Å²) >= 11 is 1.85. The van der Waals surface area contributed by atoms with Crippen molar-refractivity contribution in [3.05, 3.63) is 71.8 Å². The van der Waals surface area contributed by atoms with Crippen LogP contribution in [0.2, 0.25) is 0 Å². The lowest BCUT2D eigenvalue weighted by Gasteiger charge is -2.10.